The van der Waals surface area contributed by atoms with E-state index in [1.54, 1.807) is 37.8 Å². The molecule has 0 fully saturated rings. The van der Waals surface area contributed by atoms with Crippen LogP contribution in [0.15, 0.2) is 47.8 Å². The molecule has 11 nitrogen and oxygen atoms in total. The van der Waals surface area contributed by atoms with E-state index in [1.165, 1.54) is 19.6 Å². The molecule has 0 unspecified atom stereocenters. The first-order valence-corrected chi connectivity index (χ1v) is 16.6. The summed E-state index contributed by atoms with van der Waals surface area (Å²) in [6.07, 6.45) is 0.531. The molecule has 1 N–H and O–H groups in total. The standard InChI is InChI=1S/C31H39N3O8S2/c1-21-26(40-5)15-23(16-27(21)41-6)29(36)34(14-10-13-22-11-8-7-9-12-22)17-28-33-24(18-43-28)25(35)19-44(38,39)20-32-30(37)42-31(2,3)4/h7-9,11-12,15-16,18H,10,13-14,17,19-20H2,1-6H3,(H,32,37). The van der Waals surface area contributed by atoms with Crippen LogP contribution >= 0.6 is 11.3 Å². The molecule has 0 saturated carbocycles. The Labute approximate surface area is 262 Å². The minimum absolute atomic E-state index is 0.0267. The highest BCUT2D eigenvalue weighted by Gasteiger charge is 2.25. The summed E-state index contributed by atoms with van der Waals surface area (Å²) in [6.45, 7) is 7.30. The number of nitrogens with one attached hydrogen (secondary N) is 1. The van der Waals surface area contributed by atoms with Gasteiger partial charge >= 0.3 is 6.09 Å². The average Bonchev–Trinajstić information content (AvgIpc) is 3.44. The van der Waals surface area contributed by atoms with E-state index in [2.05, 4.69) is 10.3 Å². The van der Waals surface area contributed by atoms with Gasteiger partial charge in [0, 0.05) is 23.1 Å². The number of methoxy groups -OCH3 is 2. The maximum absolute atomic E-state index is 13.8. The number of thiazole rings is 1. The fourth-order valence-electron chi connectivity index (χ4n) is 4.25. The number of carbonyl (C=O) groups excluding carboxylic acids is 3. The summed E-state index contributed by atoms with van der Waals surface area (Å²) in [5.74, 6) is -1.54. The summed E-state index contributed by atoms with van der Waals surface area (Å²) in [6, 6.07) is 13.3. The number of Topliss-reactive ketones (excluding diaryl/α,β-unsaturated/α-hetero) is 1. The van der Waals surface area contributed by atoms with Gasteiger partial charge in [-0.1, -0.05) is 30.3 Å². The van der Waals surface area contributed by atoms with E-state index < -0.39 is 38.9 Å². The molecule has 2 aromatic carbocycles. The molecule has 13 heteroatoms. The lowest BCUT2D eigenvalue weighted by Gasteiger charge is -2.23. The lowest BCUT2D eigenvalue weighted by Crippen LogP contribution is -2.37. The van der Waals surface area contributed by atoms with Gasteiger partial charge < -0.3 is 24.4 Å². The number of rotatable bonds is 14. The van der Waals surface area contributed by atoms with Crippen LogP contribution in [0.1, 0.15) is 64.2 Å². The molecule has 0 aliphatic carbocycles. The number of carbonyl (C=O) groups is 3. The van der Waals surface area contributed by atoms with E-state index in [4.69, 9.17) is 14.2 Å². The Morgan fingerprint density at radius 1 is 1.02 bits per heavy atom. The van der Waals surface area contributed by atoms with Crippen molar-refractivity contribution in [3.63, 3.8) is 0 Å². The Bertz CT molecular complexity index is 1540. The van der Waals surface area contributed by atoms with Crippen LogP contribution in [-0.4, -0.2) is 74.1 Å². The Kier molecular flexibility index (Phi) is 11.9. The highest BCUT2D eigenvalue weighted by molar-refractivity contribution is 7.92. The van der Waals surface area contributed by atoms with Crippen molar-refractivity contribution in [2.75, 3.05) is 32.4 Å². The molecule has 44 heavy (non-hydrogen) atoms. The fourth-order valence-corrected chi connectivity index (χ4v) is 6.05. The molecule has 0 bridgehead atoms. The van der Waals surface area contributed by atoms with Crippen LogP contribution in [-0.2, 0) is 27.5 Å². The summed E-state index contributed by atoms with van der Waals surface area (Å²) in [7, 11) is -0.936. The summed E-state index contributed by atoms with van der Waals surface area (Å²) in [5, 5.41) is 4.11. The number of aryl methyl sites for hydroxylation is 1. The van der Waals surface area contributed by atoms with E-state index in [0.717, 1.165) is 28.9 Å². The third-order valence-corrected chi connectivity index (χ3v) is 8.49. The first-order chi connectivity index (χ1) is 20.7. The van der Waals surface area contributed by atoms with Crippen molar-refractivity contribution in [3.05, 3.63) is 75.2 Å². The van der Waals surface area contributed by atoms with Gasteiger partial charge in [0.05, 0.1) is 20.8 Å². The maximum atomic E-state index is 13.8. The van der Waals surface area contributed by atoms with Crippen LogP contribution in [0.3, 0.4) is 0 Å². The Balaban J connectivity index is 1.75. The van der Waals surface area contributed by atoms with Gasteiger partial charge in [-0.2, -0.15) is 0 Å². The molecular formula is C31H39N3O8S2. The Hall–Kier alpha value is -3.97. The molecule has 3 rings (SSSR count). The third-order valence-electron chi connectivity index (χ3n) is 6.37. The predicted octanol–water partition coefficient (Wildman–Crippen LogP) is 4.82. The molecule has 2 amide bonds. The molecule has 1 aromatic heterocycles. The Morgan fingerprint density at radius 3 is 2.25 bits per heavy atom. The number of nitrogens with zero attached hydrogens (tertiary/aromatic N) is 2. The molecular weight excluding hydrogens is 606 g/mol. The van der Waals surface area contributed by atoms with Gasteiger partial charge in [-0.25, -0.2) is 18.2 Å². The Morgan fingerprint density at radius 2 is 1.66 bits per heavy atom. The monoisotopic (exact) mass is 645 g/mol. The number of sulfone groups is 1. The summed E-state index contributed by atoms with van der Waals surface area (Å²) in [5.41, 5.74) is 1.46. The minimum atomic E-state index is -3.98. The molecule has 0 saturated heterocycles. The van der Waals surface area contributed by atoms with Crippen LogP contribution < -0.4 is 14.8 Å². The smallest absolute Gasteiger partial charge is 0.408 e. The molecule has 238 valence electrons. The molecule has 0 aliphatic rings. The lowest BCUT2D eigenvalue weighted by molar-refractivity contribution is 0.0536. The van der Waals surface area contributed by atoms with Gasteiger partial charge in [0.1, 0.15) is 39.4 Å². The number of ether oxygens (including phenoxy) is 3. The van der Waals surface area contributed by atoms with Crippen LogP contribution in [0.4, 0.5) is 4.79 Å². The van der Waals surface area contributed by atoms with E-state index in [1.807, 2.05) is 37.3 Å². The van der Waals surface area contributed by atoms with Gasteiger partial charge in [0.25, 0.3) is 5.91 Å². The maximum Gasteiger partial charge on any atom is 0.408 e. The van der Waals surface area contributed by atoms with Crippen molar-refractivity contribution in [1.82, 2.24) is 15.2 Å². The van der Waals surface area contributed by atoms with Crippen LogP contribution in [0.5, 0.6) is 11.5 Å². The summed E-state index contributed by atoms with van der Waals surface area (Å²) in [4.78, 5) is 44.4. The van der Waals surface area contributed by atoms with Crippen LogP contribution in [0, 0.1) is 6.92 Å². The van der Waals surface area contributed by atoms with Crippen molar-refractivity contribution in [2.24, 2.45) is 0 Å². The number of alkyl carbamates (subject to hydrolysis) is 1. The zero-order valence-corrected chi connectivity index (χ0v) is 27.5. The number of benzene rings is 2. The van der Waals surface area contributed by atoms with Crippen LogP contribution in [0.2, 0.25) is 0 Å². The molecule has 0 spiro atoms. The van der Waals surface area contributed by atoms with Crippen LogP contribution in [0.25, 0.3) is 0 Å². The molecule has 0 aliphatic heterocycles. The van der Waals surface area contributed by atoms with Crippen molar-refractivity contribution in [3.8, 4) is 11.5 Å². The number of hydrogen-bond donors (Lipinski definition) is 1. The van der Waals surface area contributed by atoms with E-state index in [-0.39, 0.29) is 18.1 Å². The van der Waals surface area contributed by atoms with Crippen molar-refractivity contribution in [1.29, 1.82) is 0 Å². The fraction of sp³-hybridized carbons (Fsp3) is 0.419. The minimum Gasteiger partial charge on any atom is -0.496 e. The second-order valence-corrected chi connectivity index (χ2v) is 14.1. The number of hydrogen-bond acceptors (Lipinski definition) is 10. The van der Waals surface area contributed by atoms with Gasteiger partial charge in [-0.15, -0.1) is 11.3 Å². The van der Waals surface area contributed by atoms with Gasteiger partial charge in [-0.3, -0.25) is 9.59 Å². The largest absolute Gasteiger partial charge is 0.496 e. The average molecular weight is 646 g/mol. The predicted molar refractivity (Wildman–Crippen MR) is 168 cm³/mol. The van der Waals surface area contributed by atoms with E-state index in [0.29, 0.717) is 35.0 Å². The SMILES string of the molecule is COc1cc(C(=O)N(CCCc2ccccc2)Cc2nc(C(=O)CS(=O)(=O)CNC(=O)OC(C)(C)C)cs2)cc(OC)c1C. The van der Waals surface area contributed by atoms with Crippen molar-refractivity contribution < 1.29 is 37.0 Å². The number of amides is 2. The lowest BCUT2D eigenvalue weighted by atomic mass is 10.1. The number of aromatic nitrogens is 1. The van der Waals surface area contributed by atoms with Crippen molar-refractivity contribution in [2.45, 2.75) is 52.7 Å². The number of ketones is 1. The van der Waals surface area contributed by atoms with Crippen molar-refractivity contribution >= 4 is 39.0 Å². The molecule has 0 radical (unpaired) electrons. The molecule has 3 aromatic rings. The van der Waals surface area contributed by atoms with Gasteiger partial charge in [0.15, 0.2) is 15.6 Å². The first kappa shape index (κ1) is 34.5. The summed E-state index contributed by atoms with van der Waals surface area (Å²) < 4.78 is 40.9. The van der Waals surface area contributed by atoms with Gasteiger partial charge in [0.2, 0.25) is 0 Å². The second kappa shape index (κ2) is 15.2. The third kappa shape index (κ3) is 10.3. The second-order valence-electron chi connectivity index (χ2n) is 11.1. The topological polar surface area (TPSA) is 141 Å². The molecule has 1 heterocycles. The molecule has 0 atom stereocenters. The highest BCUT2D eigenvalue weighted by atomic mass is 32.2. The first-order valence-electron chi connectivity index (χ1n) is 13.9. The van der Waals surface area contributed by atoms with E-state index >= 15 is 0 Å². The summed E-state index contributed by atoms with van der Waals surface area (Å²) >= 11 is 1.16. The van der Waals surface area contributed by atoms with E-state index in [9.17, 15) is 22.8 Å². The quantitative estimate of drug-likeness (QED) is 0.244. The normalized spacial score (nSPS) is 11.5. The zero-order valence-electron chi connectivity index (χ0n) is 25.8. The zero-order chi connectivity index (χ0) is 32.5. The highest BCUT2D eigenvalue weighted by Crippen LogP contribution is 2.30. The van der Waals surface area contributed by atoms with Gasteiger partial charge in [-0.05, 0) is 58.2 Å².